The minimum absolute atomic E-state index is 0.0492. The van der Waals surface area contributed by atoms with Gasteiger partial charge in [0, 0.05) is 36.2 Å². The van der Waals surface area contributed by atoms with Gasteiger partial charge in [-0.2, -0.15) is 0 Å². The smallest absolute Gasteiger partial charge is 0.338 e. The van der Waals surface area contributed by atoms with E-state index in [4.69, 9.17) is 21.1 Å². The van der Waals surface area contributed by atoms with Crippen LogP contribution in [0.4, 0.5) is 21.6 Å². The number of carboxylic acids is 2. The third-order valence-electron chi connectivity index (χ3n) is 6.03. The van der Waals surface area contributed by atoms with Crippen LogP contribution in [0.1, 0.15) is 6.42 Å². The van der Waals surface area contributed by atoms with Crippen LogP contribution in [-0.2, 0) is 19.1 Å². The number of amides is 1. The largest absolute Gasteiger partial charge is 0.486 e. The summed E-state index contributed by atoms with van der Waals surface area (Å²) in [6.07, 6.45) is 4.49. The van der Waals surface area contributed by atoms with Crippen molar-refractivity contribution in [1.29, 1.82) is 0 Å². The van der Waals surface area contributed by atoms with E-state index in [-0.39, 0.29) is 45.0 Å². The molecule has 1 fully saturated rings. The van der Waals surface area contributed by atoms with Gasteiger partial charge in [0.25, 0.3) is 0 Å². The summed E-state index contributed by atoms with van der Waals surface area (Å²) in [6, 6.07) is 4.09. The zero-order valence-electron chi connectivity index (χ0n) is 22.1. The lowest BCUT2D eigenvalue weighted by Crippen LogP contribution is -2.45. The summed E-state index contributed by atoms with van der Waals surface area (Å²) in [5.41, 5.74) is 0.420. The molecule has 1 aliphatic rings. The second kappa shape index (κ2) is 12.9. The molecule has 1 aliphatic heterocycles. The fraction of sp³-hybridized carbons (Fsp3) is 0.296. The van der Waals surface area contributed by atoms with Crippen molar-refractivity contribution in [1.82, 2.24) is 14.9 Å². The average Bonchev–Trinajstić information content (AvgIpc) is 3.41. The Labute approximate surface area is 238 Å². The lowest BCUT2D eigenvalue weighted by Gasteiger charge is -2.28. The number of rotatable bonds is 11. The van der Waals surface area contributed by atoms with Crippen LogP contribution < -0.4 is 15.0 Å². The average molecular weight is 588 g/mol. The summed E-state index contributed by atoms with van der Waals surface area (Å²) in [5, 5.41) is 22.3. The Balaban J connectivity index is 1.88. The molecular weight excluding hydrogens is 561 g/mol. The number of carboxylic acid groups (broad SMARTS) is 2. The van der Waals surface area contributed by atoms with Crippen molar-refractivity contribution in [2.45, 2.75) is 18.6 Å². The number of ether oxygens (including phenoxy) is 2. The van der Waals surface area contributed by atoms with Gasteiger partial charge in [-0.1, -0.05) is 17.7 Å². The monoisotopic (exact) mass is 587 g/mol. The molecule has 2 heterocycles. The highest BCUT2D eigenvalue weighted by Crippen LogP contribution is 2.38. The van der Waals surface area contributed by atoms with Crippen molar-refractivity contribution in [3.8, 4) is 5.75 Å². The first-order valence-electron chi connectivity index (χ1n) is 12.4. The number of nitrogens with zero attached hydrogens (tertiary/aromatic N) is 4. The molecule has 1 atom stereocenters. The van der Waals surface area contributed by atoms with Crippen LogP contribution in [-0.4, -0.2) is 88.9 Å². The molecule has 3 N–H and O–H groups in total. The quantitative estimate of drug-likeness (QED) is 0.223. The molecule has 3 aromatic rings. The van der Waals surface area contributed by atoms with Crippen LogP contribution in [0.3, 0.4) is 0 Å². The number of likely N-dealkylation sites (N-methyl/N-ethyl adjacent to an activating group) is 1. The van der Waals surface area contributed by atoms with Gasteiger partial charge in [0.1, 0.15) is 29.8 Å². The first kappa shape index (κ1) is 29.6. The number of fused-ring (bicyclic) bond motifs is 1. The molecule has 1 saturated heterocycles. The minimum Gasteiger partial charge on any atom is -0.486 e. The van der Waals surface area contributed by atoms with Gasteiger partial charge in [0.15, 0.2) is 0 Å². The van der Waals surface area contributed by atoms with Gasteiger partial charge < -0.3 is 34.8 Å². The zero-order valence-corrected chi connectivity index (χ0v) is 22.8. The second-order valence-corrected chi connectivity index (χ2v) is 9.77. The van der Waals surface area contributed by atoms with Gasteiger partial charge in [-0.3, -0.25) is 4.79 Å². The molecule has 1 amide bonds. The Bertz CT molecular complexity index is 1480. The van der Waals surface area contributed by atoms with E-state index in [1.54, 1.807) is 6.08 Å². The highest BCUT2D eigenvalue weighted by atomic mass is 35.5. The molecular formula is C27H27ClFN5O7. The van der Waals surface area contributed by atoms with Crippen LogP contribution in [0.5, 0.6) is 5.75 Å². The van der Waals surface area contributed by atoms with Crippen LogP contribution >= 0.6 is 11.6 Å². The predicted octanol–water partition coefficient (Wildman–Crippen LogP) is 3.32. The van der Waals surface area contributed by atoms with Crippen molar-refractivity contribution in [2.24, 2.45) is 0 Å². The third kappa shape index (κ3) is 7.06. The molecule has 41 heavy (non-hydrogen) atoms. The summed E-state index contributed by atoms with van der Waals surface area (Å²) in [7, 11) is 3.70. The molecule has 12 nitrogen and oxygen atoms in total. The Hall–Kier alpha value is -4.33. The maximum atomic E-state index is 14.0. The zero-order chi connectivity index (χ0) is 29.7. The van der Waals surface area contributed by atoms with Gasteiger partial charge in [-0.05, 0) is 38.4 Å². The molecule has 1 unspecified atom stereocenters. The van der Waals surface area contributed by atoms with Gasteiger partial charge in [-0.15, -0.1) is 0 Å². The lowest BCUT2D eigenvalue weighted by atomic mass is 10.1. The number of hydrogen-bond donors (Lipinski definition) is 3. The summed E-state index contributed by atoms with van der Waals surface area (Å²) in [6.45, 7) is 1.38. The van der Waals surface area contributed by atoms with Crippen LogP contribution in [0.15, 0.2) is 48.8 Å². The normalized spacial score (nSPS) is 15.1. The van der Waals surface area contributed by atoms with E-state index >= 15 is 0 Å². The molecule has 0 aliphatic carbocycles. The molecule has 0 bridgehead atoms. The Morgan fingerprint density at radius 3 is 2.61 bits per heavy atom. The first-order valence-corrected chi connectivity index (χ1v) is 12.8. The first-order chi connectivity index (χ1) is 19.5. The van der Waals surface area contributed by atoms with Crippen molar-refractivity contribution >= 4 is 57.5 Å². The number of hydrogen-bond acceptors (Lipinski definition) is 9. The predicted molar refractivity (Wildman–Crippen MR) is 148 cm³/mol. The molecule has 4 rings (SSSR count). The molecule has 0 saturated carbocycles. The topological polar surface area (TPSA) is 154 Å². The Morgan fingerprint density at radius 1 is 1.22 bits per heavy atom. The van der Waals surface area contributed by atoms with Crippen molar-refractivity contribution in [3.63, 3.8) is 0 Å². The van der Waals surface area contributed by atoms with E-state index in [9.17, 15) is 29.0 Å². The van der Waals surface area contributed by atoms with Crippen molar-refractivity contribution in [3.05, 3.63) is 59.7 Å². The summed E-state index contributed by atoms with van der Waals surface area (Å²) < 4.78 is 25.5. The number of carbonyl (C=O) groups excluding carboxylic acids is 1. The molecule has 0 radical (unpaired) electrons. The number of anilines is 3. The van der Waals surface area contributed by atoms with Gasteiger partial charge in [-0.25, -0.2) is 23.9 Å². The number of carbonyl (C=O) groups is 3. The highest BCUT2D eigenvalue weighted by Gasteiger charge is 2.36. The second-order valence-electron chi connectivity index (χ2n) is 9.37. The minimum atomic E-state index is -2.17. The Morgan fingerprint density at radius 2 is 1.98 bits per heavy atom. The number of halogens is 2. The van der Waals surface area contributed by atoms with Crippen molar-refractivity contribution < 1.29 is 38.5 Å². The maximum Gasteiger partial charge on any atom is 0.338 e. The molecule has 0 spiro atoms. The van der Waals surface area contributed by atoms with Gasteiger partial charge in [0.05, 0.1) is 29.4 Å². The van der Waals surface area contributed by atoms with Crippen LogP contribution in [0, 0.1) is 5.82 Å². The molecule has 2 aromatic carbocycles. The summed E-state index contributed by atoms with van der Waals surface area (Å²) in [5.74, 6) is -4.52. The lowest BCUT2D eigenvalue weighted by molar-refractivity contribution is -0.149. The fourth-order valence-electron chi connectivity index (χ4n) is 4.14. The van der Waals surface area contributed by atoms with E-state index in [1.165, 1.54) is 24.3 Å². The van der Waals surface area contributed by atoms with E-state index in [0.717, 1.165) is 23.4 Å². The molecule has 14 heteroatoms. The van der Waals surface area contributed by atoms with Crippen LogP contribution in [0.2, 0.25) is 5.02 Å². The highest BCUT2D eigenvalue weighted by molar-refractivity contribution is 6.31. The van der Waals surface area contributed by atoms with E-state index < -0.39 is 29.7 Å². The van der Waals surface area contributed by atoms with E-state index in [0.29, 0.717) is 26.2 Å². The van der Waals surface area contributed by atoms with Crippen LogP contribution in [0.25, 0.3) is 10.9 Å². The number of nitrogens with one attached hydrogen (secondary N) is 1. The summed E-state index contributed by atoms with van der Waals surface area (Å²) >= 11 is 5.96. The fourth-order valence-corrected chi connectivity index (χ4v) is 4.32. The van der Waals surface area contributed by atoms with Gasteiger partial charge >= 0.3 is 11.9 Å². The molecule has 216 valence electrons. The number of benzene rings is 2. The Kier molecular flexibility index (Phi) is 9.32. The standard InChI is InChI=1S/C27H27ClFN5O7/c1-33(2)8-3-4-23(35)32-21-11-17-20(12-22(21)41-16-7-9-40-13-16)30-14-31-25(17)34(24(26(36)37)27(38)39)15-5-6-19(29)18(28)10-15/h3-6,10-12,14,16,24H,7-9,13H2,1-2H3,(H,32,35)(H,36,37)(H,38,39). The van der Waals surface area contributed by atoms with E-state index in [2.05, 4.69) is 15.3 Å². The third-order valence-corrected chi connectivity index (χ3v) is 6.32. The van der Waals surface area contributed by atoms with Gasteiger partial charge in [0.2, 0.25) is 11.9 Å². The van der Waals surface area contributed by atoms with E-state index in [1.807, 2.05) is 19.0 Å². The van der Waals surface area contributed by atoms with Crippen molar-refractivity contribution in [2.75, 3.05) is 44.1 Å². The summed E-state index contributed by atoms with van der Waals surface area (Å²) in [4.78, 5) is 48.3. The SMILES string of the molecule is CN(C)CC=CC(=O)Nc1cc2c(N(c3ccc(F)c(Cl)c3)C(C(=O)O)C(=O)O)ncnc2cc1OC1CCOC1. The number of aromatic nitrogens is 2. The number of aliphatic carboxylic acids is 2. The maximum absolute atomic E-state index is 14.0. The molecule has 1 aromatic heterocycles.